The minimum absolute atomic E-state index is 0.856. The highest BCUT2D eigenvalue weighted by Gasteiger charge is 2.17. The van der Waals surface area contributed by atoms with Crippen LogP contribution in [-0.2, 0) is 4.79 Å². The lowest BCUT2D eigenvalue weighted by Crippen LogP contribution is -2.23. The van der Waals surface area contributed by atoms with Gasteiger partial charge in [0.05, 0.1) is 8.07 Å². The van der Waals surface area contributed by atoms with Crippen LogP contribution >= 0.6 is 0 Å². The lowest BCUT2D eigenvalue weighted by atomic mass is 10.4. The van der Waals surface area contributed by atoms with Gasteiger partial charge in [0.25, 0.3) is 0 Å². The van der Waals surface area contributed by atoms with E-state index in [9.17, 15) is 4.79 Å². The minimum atomic E-state index is -1.27. The molecule has 62 valence electrons. The summed E-state index contributed by atoms with van der Waals surface area (Å²) in [4.78, 5) is 10.2. The Balaban J connectivity index is 4.46. The highest BCUT2D eigenvalue weighted by molar-refractivity contribution is 6.83. The van der Waals surface area contributed by atoms with Gasteiger partial charge < -0.3 is 0 Å². The molecule has 0 aromatic carbocycles. The Hall–Kier alpha value is -0.633. The van der Waals surface area contributed by atoms with E-state index >= 15 is 0 Å². The average Bonchev–Trinajstić information content (AvgIpc) is 1.85. The first-order valence-electron chi connectivity index (χ1n) is 3.78. The molecule has 0 radical (unpaired) electrons. The Kier molecular flexibility index (Phi) is 4.04. The van der Waals surface area contributed by atoms with Crippen molar-refractivity contribution in [2.75, 3.05) is 0 Å². The van der Waals surface area contributed by atoms with Crippen molar-refractivity contribution in [1.82, 2.24) is 0 Å². The maximum absolute atomic E-state index is 10.2. The van der Waals surface area contributed by atoms with Gasteiger partial charge in [-0.1, -0.05) is 30.9 Å². The van der Waals surface area contributed by atoms with E-state index in [2.05, 4.69) is 26.2 Å². The molecule has 0 fully saturated rings. The molecule has 0 rings (SSSR count). The summed E-state index contributed by atoms with van der Waals surface area (Å²) in [7, 11) is -1.27. The number of carbonyl (C=O) groups is 1. The predicted octanol–water partition coefficient (Wildman–Crippen LogP) is 2.57. The van der Waals surface area contributed by atoms with Gasteiger partial charge in [-0.05, 0) is 12.5 Å². The Morgan fingerprint density at radius 1 is 1.45 bits per heavy atom. The van der Waals surface area contributed by atoms with E-state index in [0.29, 0.717) is 0 Å². The molecule has 0 saturated carbocycles. The Morgan fingerprint density at radius 2 is 2.00 bits per heavy atom. The lowest BCUT2D eigenvalue weighted by Gasteiger charge is -2.18. The fourth-order valence-electron chi connectivity index (χ4n) is 0.862. The van der Waals surface area contributed by atoms with E-state index in [1.54, 1.807) is 6.08 Å². The molecule has 0 heterocycles. The molecule has 0 aliphatic heterocycles. The van der Waals surface area contributed by atoms with Crippen molar-refractivity contribution in [3.05, 3.63) is 23.9 Å². The summed E-state index contributed by atoms with van der Waals surface area (Å²) in [5, 5.41) is 1.27. The number of aldehydes is 1. The highest BCUT2D eigenvalue weighted by atomic mass is 28.3. The minimum Gasteiger partial charge on any atom is -0.299 e. The predicted molar refractivity (Wildman–Crippen MR) is 52.3 cm³/mol. The van der Waals surface area contributed by atoms with Gasteiger partial charge in [-0.25, -0.2) is 0 Å². The Labute approximate surface area is 69.8 Å². The molecule has 0 saturated heterocycles. The monoisotopic (exact) mass is 168 g/mol. The maximum atomic E-state index is 10.2. The fraction of sp³-hybridized carbons (Fsp3) is 0.444. The van der Waals surface area contributed by atoms with Crippen molar-refractivity contribution in [3.63, 3.8) is 0 Å². The summed E-state index contributed by atoms with van der Waals surface area (Å²) in [5.41, 5.74) is 0. The molecule has 0 N–H and O–H groups in total. The molecule has 11 heavy (non-hydrogen) atoms. The molecule has 0 aromatic heterocycles. The van der Waals surface area contributed by atoms with Crippen molar-refractivity contribution in [1.29, 1.82) is 0 Å². The molecule has 0 aromatic rings. The molecule has 0 spiro atoms. The van der Waals surface area contributed by atoms with Crippen LogP contribution in [0.2, 0.25) is 19.6 Å². The van der Waals surface area contributed by atoms with Crippen LogP contribution in [0.1, 0.15) is 6.42 Å². The highest BCUT2D eigenvalue weighted by Crippen LogP contribution is 2.17. The van der Waals surface area contributed by atoms with Crippen LogP contribution in [0.3, 0.4) is 0 Å². The van der Waals surface area contributed by atoms with E-state index in [0.717, 1.165) is 12.7 Å². The van der Waals surface area contributed by atoms with Gasteiger partial charge in [-0.15, -0.1) is 6.58 Å². The van der Waals surface area contributed by atoms with Gasteiger partial charge in [0.2, 0.25) is 0 Å². The van der Waals surface area contributed by atoms with Gasteiger partial charge >= 0.3 is 0 Å². The zero-order valence-corrected chi connectivity index (χ0v) is 8.55. The van der Waals surface area contributed by atoms with Crippen LogP contribution in [0.4, 0.5) is 0 Å². The zero-order chi connectivity index (χ0) is 8.91. The molecule has 0 amide bonds. The number of carbonyl (C=O) groups excluding carboxylic acids is 1. The van der Waals surface area contributed by atoms with Crippen molar-refractivity contribution in [3.8, 4) is 0 Å². The number of rotatable bonds is 4. The summed E-state index contributed by atoms with van der Waals surface area (Å²) < 4.78 is 0. The van der Waals surface area contributed by atoms with Gasteiger partial charge in [0.1, 0.15) is 6.29 Å². The lowest BCUT2D eigenvalue weighted by molar-refractivity contribution is -0.104. The number of hydrogen-bond acceptors (Lipinski definition) is 1. The van der Waals surface area contributed by atoms with E-state index in [-0.39, 0.29) is 0 Å². The van der Waals surface area contributed by atoms with Crippen molar-refractivity contribution in [2.24, 2.45) is 0 Å². The molecule has 0 unspecified atom stereocenters. The van der Waals surface area contributed by atoms with Crippen molar-refractivity contribution >= 4 is 14.4 Å². The molecule has 0 aliphatic rings. The van der Waals surface area contributed by atoms with Crippen molar-refractivity contribution < 1.29 is 4.79 Å². The fourth-order valence-corrected chi connectivity index (χ4v) is 2.19. The first-order chi connectivity index (χ1) is 5.02. The number of hydrogen-bond donors (Lipinski definition) is 0. The molecule has 2 heteroatoms. The topological polar surface area (TPSA) is 17.1 Å². The summed E-state index contributed by atoms with van der Waals surface area (Å²) in [6.07, 6.45) is 5.27. The summed E-state index contributed by atoms with van der Waals surface area (Å²) >= 11 is 0. The normalized spacial score (nSPS) is 12.8. The zero-order valence-electron chi connectivity index (χ0n) is 7.55. The van der Waals surface area contributed by atoms with E-state index in [1.165, 1.54) is 5.20 Å². The van der Waals surface area contributed by atoms with Gasteiger partial charge in [-0.3, -0.25) is 4.79 Å². The average molecular weight is 168 g/mol. The second kappa shape index (κ2) is 4.29. The molecule has 0 atom stereocenters. The van der Waals surface area contributed by atoms with E-state index in [1.807, 2.05) is 6.08 Å². The second-order valence-electron chi connectivity index (χ2n) is 3.57. The summed E-state index contributed by atoms with van der Waals surface area (Å²) in [5.74, 6) is 0. The first kappa shape index (κ1) is 10.4. The van der Waals surface area contributed by atoms with Crippen LogP contribution in [0.5, 0.6) is 0 Å². The van der Waals surface area contributed by atoms with Gasteiger partial charge in [0, 0.05) is 0 Å². The maximum Gasteiger partial charge on any atom is 0.142 e. The van der Waals surface area contributed by atoms with Crippen LogP contribution in [0.15, 0.2) is 23.9 Å². The van der Waals surface area contributed by atoms with Crippen LogP contribution in [0, 0.1) is 0 Å². The third-order valence-corrected chi connectivity index (χ3v) is 3.89. The van der Waals surface area contributed by atoms with Crippen LogP contribution in [0.25, 0.3) is 0 Å². The third-order valence-electron chi connectivity index (χ3n) is 1.60. The second-order valence-corrected chi connectivity index (χ2v) is 8.71. The Morgan fingerprint density at radius 3 is 2.27 bits per heavy atom. The van der Waals surface area contributed by atoms with E-state index < -0.39 is 8.07 Å². The Bertz CT molecular complexity index is 174. The standard InChI is InChI=1S/C9H16OSi/c1-5-6-9(7-8-10)11(2,3)4/h5,7-8H,1,6H2,2-4H3/b9-7+. The third kappa shape index (κ3) is 3.93. The number of allylic oxidation sites excluding steroid dienone is 3. The van der Waals surface area contributed by atoms with Gasteiger partial charge in [0.15, 0.2) is 0 Å². The quantitative estimate of drug-likeness (QED) is 0.273. The van der Waals surface area contributed by atoms with Crippen LogP contribution in [-0.4, -0.2) is 14.4 Å². The summed E-state index contributed by atoms with van der Waals surface area (Å²) in [6.45, 7) is 10.3. The van der Waals surface area contributed by atoms with Crippen LogP contribution < -0.4 is 0 Å². The van der Waals surface area contributed by atoms with Gasteiger partial charge in [-0.2, -0.15) is 0 Å². The summed E-state index contributed by atoms with van der Waals surface area (Å²) in [6, 6.07) is 0. The molecule has 0 aliphatic carbocycles. The first-order valence-corrected chi connectivity index (χ1v) is 7.28. The molecular formula is C9H16OSi. The SMILES string of the molecule is C=CC/C(=C\C=O)[Si](C)(C)C. The molecular weight excluding hydrogens is 152 g/mol. The largest absolute Gasteiger partial charge is 0.299 e. The molecule has 0 bridgehead atoms. The smallest absolute Gasteiger partial charge is 0.142 e. The van der Waals surface area contributed by atoms with Crippen molar-refractivity contribution in [2.45, 2.75) is 26.1 Å². The van der Waals surface area contributed by atoms with E-state index in [4.69, 9.17) is 0 Å². The molecule has 1 nitrogen and oxygen atoms in total.